The summed E-state index contributed by atoms with van der Waals surface area (Å²) >= 11 is 0. The van der Waals surface area contributed by atoms with Crippen LogP contribution < -0.4 is 15.4 Å². The second-order valence-electron chi connectivity index (χ2n) is 6.59. The molecule has 1 aliphatic rings. The molecule has 3 rings (SSSR count). The van der Waals surface area contributed by atoms with Gasteiger partial charge in [0.2, 0.25) is 5.96 Å². The van der Waals surface area contributed by atoms with Crippen molar-refractivity contribution in [2.24, 2.45) is 4.99 Å². The average Bonchev–Trinajstić information content (AvgIpc) is 2.76. The van der Waals surface area contributed by atoms with Crippen LogP contribution in [0.3, 0.4) is 0 Å². The third-order valence-electron chi connectivity index (χ3n) is 4.49. The largest absolute Gasteiger partial charge is 0.494 e. The zero-order valence-electron chi connectivity index (χ0n) is 16.8. The molecule has 0 radical (unpaired) electrons. The fourth-order valence-electron chi connectivity index (χ4n) is 2.95. The monoisotopic (exact) mass is 396 g/mol. The molecule has 2 aromatic carbocycles. The van der Waals surface area contributed by atoms with E-state index in [9.17, 15) is 4.79 Å². The Morgan fingerprint density at radius 3 is 2.52 bits per heavy atom. The van der Waals surface area contributed by atoms with E-state index in [4.69, 9.17) is 9.47 Å². The predicted octanol–water partition coefficient (Wildman–Crippen LogP) is 2.62. The van der Waals surface area contributed by atoms with Crippen molar-refractivity contribution in [3.63, 3.8) is 0 Å². The van der Waals surface area contributed by atoms with Crippen molar-refractivity contribution >= 4 is 17.6 Å². The van der Waals surface area contributed by atoms with Crippen LogP contribution in [0.5, 0.6) is 5.75 Å². The number of anilines is 1. The van der Waals surface area contributed by atoms with E-state index in [2.05, 4.69) is 20.5 Å². The van der Waals surface area contributed by atoms with E-state index in [0.717, 1.165) is 44.3 Å². The maximum Gasteiger partial charge on any atom is 0.257 e. The summed E-state index contributed by atoms with van der Waals surface area (Å²) in [6.07, 6.45) is 0. The number of carbonyl (C=O) groups is 1. The van der Waals surface area contributed by atoms with E-state index in [0.29, 0.717) is 24.7 Å². The molecule has 0 unspecified atom stereocenters. The van der Waals surface area contributed by atoms with Crippen LogP contribution in [0.2, 0.25) is 0 Å². The van der Waals surface area contributed by atoms with Crippen LogP contribution in [-0.4, -0.2) is 62.8 Å². The number of benzene rings is 2. The summed E-state index contributed by atoms with van der Waals surface area (Å²) in [5.41, 5.74) is 1.41. The second-order valence-corrected chi connectivity index (χ2v) is 6.59. The molecule has 7 nitrogen and oxygen atoms in total. The molecule has 0 atom stereocenters. The van der Waals surface area contributed by atoms with Crippen LogP contribution in [0.4, 0.5) is 5.69 Å². The molecule has 0 aliphatic carbocycles. The lowest BCUT2D eigenvalue weighted by molar-refractivity contribution is 0.0394. The molecule has 1 aliphatic heterocycles. The van der Waals surface area contributed by atoms with E-state index >= 15 is 0 Å². The number of amides is 1. The highest BCUT2D eigenvalue weighted by Crippen LogP contribution is 2.15. The topological polar surface area (TPSA) is 75.2 Å². The van der Waals surface area contributed by atoms with E-state index in [1.54, 1.807) is 12.1 Å². The molecule has 0 bridgehead atoms. The number of nitrogens with one attached hydrogen (secondary N) is 2. The van der Waals surface area contributed by atoms with Crippen molar-refractivity contribution in [1.82, 2.24) is 10.2 Å². The Bertz CT molecular complexity index is 787. The fourth-order valence-corrected chi connectivity index (χ4v) is 2.95. The van der Waals surface area contributed by atoms with Gasteiger partial charge in [0, 0.05) is 30.9 Å². The van der Waals surface area contributed by atoms with Gasteiger partial charge in [-0.2, -0.15) is 0 Å². The summed E-state index contributed by atoms with van der Waals surface area (Å²) in [7, 11) is 0. The minimum Gasteiger partial charge on any atom is -0.494 e. The zero-order chi connectivity index (χ0) is 20.3. The van der Waals surface area contributed by atoms with Gasteiger partial charge in [-0.3, -0.25) is 20.0 Å². The van der Waals surface area contributed by atoms with Gasteiger partial charge in [-0.05, 0) is 43.3 Å². The molecule has 1 fully saturated rings. The lowest BCUT2D eigenvalue weighted by Crippen LogP contribution is -2.39. The van der Waals surface area contributed by atoms with E-state index in [1.165, 1.54) is 0 Å². The van der Waals surface area contributed by atoms with Gasteiger partial charge in [0.05, 0.1) is 26.4 Å². The van der Waals surface area contributed by atoms with Gasteiger partial charge in [-0.1, -0.05) is 18.2 Å². The van der Waals surface area contributed by atoms with Crippen LogP contribution in [0.1, 0.15) is 17.3 Å². The number of hydrogen-bond acceptors (Lipinski definition) is 5. The standard InChI is InChI=1S/C22H28N4O3/c1-2-29-20-10-8-19(9-11-20)24-22(23-12-13-26-14-16-28-17-15-26)25-21(27)18-6-4-3-5-7-18/h3-11H,2,12-17H2,1H3,(H2,23,24,25,27). The van der Waals surface area contributed by atoms with Gasteiger partial charge in [-0.15, -0.1) is 0 Å². The van der Waals surface area contributed by atoms with Crippen LogP contribution >= 0.6 is 0 Å². The molecular formula is C22H28N4O3. The first kappa shape index (κ1) is 20.8. The first-order chi connectivity index (χ1) is 14.2. The predicted molar refractivity (Wildman–Crippen MR) is 115 cm³/mol. The van der Waals surface area contributed by atoms with Gasteiger partial charge < -0.3 is 14.8 Å². The summed E-state index contributed by atoms with van der Waals surface area (Å²) in [5.74, 6) is 1.03. The third kappa shape index (κ3) is 6.89. The molecule has 1 heterocycles. The Balaban J connectivity index is 1.65. The Labute approximate surface area is 171 Å². The van der Waals surface area contributed by atoms with E-state index in [-0.39, 0.29) is 5.91 Å². The number of hydrogen-bond donors (Lipinski definition) is 2. The molecule has 7 heteroatoms. The van der Waals surface area contributed by atoms with E-state index in [1.807, 2.05) is 49.4 Å². The maximum absolute atomic E-state index is 12.6. The summed E-state index contributed by atoms with van der Waals surface area (Å²) in [5, 5.41) is 6.09. The van der Waals surface area contributed by atoms with Crippen LogP contribution in [0.15, 0.2) is 59.6 Å². The summed E-state index contributed by atoms with van der Waals surface area (Å²) in [4.78, 5) is 19.5. The third-order valence-corrected chi connectivity index (χ3v) is 4.49. The van der Waals surface area contributed by atoms with Gasteiger partial charge in [0.25, 0.3) is 5.91 Å². The Morgan fingerprint density at radius 1 is 1.10 bits per heavy atom. The lowest BCUT2D eigenvalue weighted by atomic mass is 10.2. The molecule has 2 aromatic rings. The Morgan fingerprint density at radius 2 is 1.83 bits per heavy atom. The molecule has 2 N–H and O–H groups in total. The normalized spacial score (nSPS) is 15.0. The number of guanidine groups is 1. The highest BCUT2D eigenvalue weighted by atomic mass is 16.5. The van der Waals surface area contributed by atoms with Gasteiger partial charge in [-0.25, -0.2) is 0 Å². The summed E-state index contributed by atoms with van der Waals surface area (Å²) in [6.45, 7) is 7.30. The fraction of sp³-hybridized carbons (Fsp3) is 0.364. The molecule has 154 valence electrons. The average molecular weight is 396 g/mol. The van der Waals surface area contributed by atoms with Crippen molar-refractivity contribution in [2.45, 2.75) is 6.92 Å². The van der Waals surface area contributed by atoms with Gasteiger partial charge >= 0.3 is 0 Å². The van der Waals surface area contributed by atoms with E-state index < -0.39 is 0 Å². The molecule has 0 aromatic heterocycles. The highest BCUT2D eigenvalue weighted by molar-refractivity contribution is 6.09. The molecular weight excluding hydrogens is 368 g/mol. The van der Waals surface area contributed by atoms with Crippen molar-refractivity contribution < 1.29 is 14.3 Å². The number of carbonyl (C=O) groups excluding carboxylic acids is 1. The Hall–Kier alpha value is -2.90. The van der Waals surface area contributed by atoms with Crippen molar-refractivity contribution in [1.29, 1.82) is 0 Å². The molecule has 1 saturated heterocycles. The number of aliphatic imine (C=N–C) groups is 1. The lowest BCUT2D eigenvalue weighted by Gasteiger charge is -2.25. The molecule has 0 saturated carbocycles. The molecule has 29 heavy (non-hydrogen) atoms. The number of morpholine rings is 1. The highest BCUT2D eigenvalue weighted by Gasteiger charge is 2.11. The number of rotatable bonds is 7. The second kappa shape index (κ2) is 11.2. The smallest absolute Gasteiger partial charge is 0.257 e. The minimum atomic E-state index is -0.200. The van der Waals surface area contributed by atoms with Crippen LogP contribution in [0.25, 0.3) is 0 Å². The van der Waals surface area contributed by atoms with Crippen LogP contribution in [-0.2, 0) is 4.74 Å². The van der Waals surface area contributed by atoms with Crippen molar-refractivity contribution in [3.05, 3.63) is 60.2 Å². The number of nitrogens with zero attached hydrogens (tertiary/aromatic N) is 2. The minimum absolute atomic E-state index is 0.200. The first-order valence-electron chi connectivity index (χ1n) is 9.95. The summed E-state index contributed by atoms with van der Waals surface area (Å²) < 4.78 is 10.9. The number of ether oxygens (including phenoxy) is 2. The summed E-state index contributed by atoms with van der Waals surface area (Å²) in [6, 6.07) is 16.7. The molecule has 0 spiro atoms. The maximum atomic E-state index is 12.6. The van der Waals surface area contributed by atoms with Gasteiger partial charge in [0.1, 0.15) is 5.75 Å². The SMILES string of the molecule is CCOc1ccc(NC(=NCCN2CCOCC2)NC(=O)c2ccccc2)cc1. The quantitative estimate of drug-likeness (QED) is 0.556. The van der Waals surface area contributed by atoms with Crippen molar-refractivity contribution in [3.8, 4) is 5.75 Å². The van der Waals surface area contributed by atoms with Crippen molar-refractivity contribution in [2.75, 3.05) is 51.3 Å². The van der Waals surface area contributed by atoms with Gasteiger partial charge in [0.15, 0.2) is 0 Å². The van der Waals surface area contributed by atoms with Crippen LogP contribution in [0, 0.1) is 0 Å². The zero-order valence-corrected chi connectivity index (χ0v) is 16.8. The Kier molecular flexibility index (Phi) is 8.03. The first-order valence-corrected chi connectivity index (χ1v) is 9.95. The molecule has 1 amide bonds.